The molecule has 31 heavy (non-hydrogen) atoms. The van der Waals surface area contributed by atoms with Crippen molar-refractivity contribution in [3.05, 3.63) is 54.1 Å². The van der Waals surface area contributed by atoms with Gasteiger partial charge in [-0.25, -0.2) is 0 Å². The summed E-state index contributed by atoms with van der Waals surface area (Å²) in [6, 6.07) is 17.5. The predicted octanol–water partition coefficient (Wildman–Crippen LogP) is 4.63. The van der Waals surface area contributed by atoms with Crippen molar-refractivity contribution in [2.75, 3.05) is 14.2 Å². The standard InChI is InChI=1S/C25H29N3O2.ClH/c1-27-18-12-13-19(27)15-17(14-18)26-25(29)22-20-10-7-11-21(30-3)24(20)28(2)23(22)16-8-5-4-6-9-16;/h4-11,17-19H,12-15H2,1-3H3,(H,26,29);1H/t17-,18+,19-;. The highest BCUT2D eigenvalue weighted by molar-refractivity contribution is 6.14. The summed E-state index contributed by atoms with van der Waals surface area (Å²) in [5.74, 6) is 0.797. The van der Waals surface area contributed by atoms with Crippen molar-refractivity contribution in [1.82, 2.24) is 14.8 Å². The molecule has 0 aliphatic carbocycles. The first kappa shape index (κ1) is 21.7. The molecule has 0 unspecified atom stereocenters. The van der Waals surface area contributed by atoms with Gasteiger partial charge in [0.1, 0.15) is 5.75 Å². The van der Waals surface area contributed by atoms with Gasteiger partial charge in [-0.2, -0.15) is 0 Å². The SMILES string of the molecule is COc1cccc2c(C(=O)N[C@H]3C[C@H]4CC[C@@H](C3)N4C)c(-c3ccccc3)n(C)c12.Cl. The molecule has 5 nitrogen and oxygen atoms in total. The highest BCUT2D eigenvalue weighted by Gasteiger charge is 2.39. The minimum atomic E-state index is 0. The van der Waals surface area contributed by atoms with Crippen LogP contribution in [-0.4, -0.2) is 47.7 Å². The number of aromatic nitrogens is 1. The van der Waals surface area contributed by atoms with E-state index in [1.54, 1.807) is 7.11 Å². The van der Waals surface area contributed by atoms with Gasteiger partial charge in [0, 0.05) is 30.6 Å². The lowest BCUT2D eigenvalue weighted by Crippen LogP contribution is -2.48. The van der Waals surface area contributed by atoms with Crippen molar-refractivity contribution < 1.29 is 9.53 Å². The van der Waals surface area contributed by atoms with Gasteiger partial charge in [-0.15, -0.1) is 12.4 Å². The number of aryl methyl sites for hydroxylation is 1. The zero-order valence-electron chi connectivity index (χ0n) is 18.3. The number of hydrogen-bond donors (Lipinski definition) is 1. The minimum absolute atomic E-state index is 0. The fourth-order valence-corrected chi connectivity index (χ4v) is 5.59. The summed E-state index contributed by atoms with van der Waals surface area (Å²) in [7, 11) is 5.92. The Balaban J connectivity index is 0.00000231. The maximum absolute atomic E-state index is 13.7. The van der Waals surface area contributed by atoms with Gasteiger partial charge in [-0.05, 0) is 44.4 Å². The Labute approximate surface area is 189 Å². The molecule has 0 saturated carbocycles. The van der Waals surface area contributed by atoms with E-state index < -0.39 is 0 Å². The molecule has 3 heterocycles. The van der Waals surface area contributed by atoms with Crippen LogP contribution in [0.4, 0.5) is 0 Å². The second-order valence-corrected chi connectivity index (χ2v) is 8.70. The van der Waals surface area contributed by atoms with E-state index in [4.69, 9.17) is 4.74 Å². The van der Waals surface area contributed by atoms with Crippen molar-refractivity contribution in [3.8, 4) is 17.0 Å². The number of piperidine rings is 1. The molecule has 2 bridgehead atoms. The molecule has 3 atom stereocenters. The van der Waals surface area contributed by atoms with E-state index in [0.717, 1.165) is 46.3 Å². The Morgan fingerprint density at radius 3 is 2.32 bits per heavy atom. The van der Waals surface area contributed by atoms with Gasteiger partial charge >= 0.3 is 0 Å². The van der Waals surface area contributed by atoms with Crippen molar-refractivity contribution in [2.24, 2.45) is 7.05 Å². The highest BCUT2D eigenvalue weighted by atomic mass is 35.5. The Kier molecular flexibility index (Phi) is 6.00. The van der Waals surface area contributed by atoms with Gasteiger partial charge < -0.3 is 19.5 Å². The van der Waals surface area contributed by atoms with Crippen molar-refractivity contribution >= 4 is 29.2 Å². The molecule has 6 heteroatoms. The topological polar surface area (TPSA) is 46.5 Å². The molecule has 3 aromatic rings. The number of carbonyl (C=O) groups is 1. The van der Waals surface area contributed by atoms with E-state index in [9.17, 15) is 4.79 Å². The normalized spacial score (nSPS) is 22.9. The van der Waals surface area contributed by atoms with Crippen LogP contribution in [0, 0.1) is 0 Å². The molecule has 164 valence electrons. The van der Waals surface area contributed by atoms with Crippen molar-refractivity contribution in [2.45, 2.75) is 43.8 Å². The van der Waals surface area contributed by atoms with Crippen LogP contribution in [0.3, 0.4) is 0 Å². The van der Waals surface area contributed by atoms with E-state index in [-0.39, 0.29) is 24.4 Å². The quantitative estimate of drug-likeness (QED) is 0.644. The zero-order chi connectivity index (χ0) is 20.8. The Morgan fingerprint density at radius 2 is 1.68 bits per heavy atom. The van der Waals surface area contributed by atoms with Gasteiger partial charge in [0.05, 0.1) is 23.9 Å². The van der Waals surface area contributed by atoms with Gasteiger partial charge in [-0.3, -0.25) is 4.79 Å². The molecule has 5 rings (SSSR count). The second-order valence-electron chi connectivity index (χ2n) is 8.70. The molecule has 2 fully saturated rings. The molecule has 1 amide bonds. The van der Waals surface area contributed by atoms with Crippen molar-refractivity contribution in [1.29, 1.82) is 0 Å². The summed E-state index contributed by atoms with van der Waals surface area (Å²) in [5.41, 5.74) is 3.66. The molecule has 0 radical (unpaired) electrons. The molecule has 2 aromatic carbocycles. The van der Waals surface area contributed by atoms with Gasteiger partial charge in [-0.1, -0.05) is 42.5 Å². The summed E-state index contributed by atoms with van der Waals surface area (Å²) in [6.07, 6.45) is 4.56. The number of halogens is 1. The smallest absolute Gasteiger partial charge is 0.254 e. The fourth-order valence-electron chi connectivity index (χ4n) is 5.59. The maximum atomic E-state index is 13.7. The number of amides is 1. The average molecular weight is 440 g/mol. The molecule has 2 aliphatic heterocycles. The Bertz CT molecular complexity index is 1080. The van der Waals surface area contributed by atoms with E-state index in [0.29, 0.717) is 12.1 Å². The summed E-state index contributed by atoms with van der Waals surface area (Å²) < 4.78 is 7.73. The number of nitrogens with one attached hydrogen (secondary N) is 1. The summed E-state index contributed by atoms with van der Waals surface area (Å²) >= 11 is 0. The third-order valence-corrected chi connectivity index (χ3v) is 7.10. The van der Waals surface area contributed by atoms with E-state index in [1.807, 2.05) is 43.4 Å². The predicted molar refractivity (Wildman–Crippen MR) is 127 cm³/mol. The number of methoxy groups -OCH3 is 1. The molecule has 2 aliphatic rings. The van der Waals surface area contributed by atoms with Crippen LogP contribution in [0.1, 0.15) is 36.0 Å². The minimum Gasteiger partial charge on any atom is -0.495 e. The second kappa shape index (κ2) is 8.56. The molecule has 1 N–H and O–H groups in total. The Hall–Kier alpha value is -2.50. The largest absolute Gasteiger partial charge is 0.495 e. The third-order valence-electron chi connectivity index (χ3n) is 7.10. The monoisotopic (exact) mass is 439 g/mol. The summed E-state index contributed by atoms with van der Waals surface area (Å²) in [5, 5.41) is 4.32. The number of nitrogens with zero attached hydrogens (tertiary/aromatic N) is 2. The number of para-hydroxylation sites is 1. The Morgan fingerprint density at radius 1 is 1.00 bits per heavy atom. The highest BCUT2D eigenvalue weighted by Crippen LogP contribution is 2.38. The average Bonchev–Trinajstić information content (AvgIpc) is 3.16. The third kappa shape index (κ3) is 3.60. The van der Waals surface area contributed by atoms with Gasteiger partial charge in [0.25, 0.3) is 5.91 Å². The lowest BCUT2D eigenvalue weighted by molar-refractivity contribution is 0.0884. The first-order valence-corrected chi connectivity index (χ1v) is 10.8. The summed E-state index contributed by atoms with van der Waals surface area (Å²) in [6.45, 7) is 0. The van der Waals surface area contributed by atoms with Crippen LogP contribution >= 0.6 is 12.4 Å². The maximum Gasteiger partial charge on any atom is 0.254 e. The molecular weight excluding hydrogens is 410 g/mol. The summed E-state index contributed by atoms with van der Waals surface area (Å²) in [4.78, 5) is 16.2. The van der Waals surface area contributed by atoms with E-state index in [1.165, 1.54) is 12.8 Å². The molecule has 1 aromatic heterocycles. The molecule has 0 spiro atoms. The van der Waals surface area contributed by atoms with E-state index in [2.05, 4.69) is 34.0 Å². The first-order valence-electron chi connectivity index (χ1n) is 10.8. The molecule has 2 saturated heterocycles. The lowest BCUT2D eigenvalue weighted by atomic mass is 9.97. The zero-order valence-corrected chi connectivity index (χ0v) is 19.1. The fraction of sp³-hybridized carbons (Fsp3) is 0.400. The van der Waals surface area contributed by atoms with Crippen LogP contribution in [0.25, 0.3) is 22.2 Å². The van der Waals surface area contributed by atoms with Crippen LogP contribution in [0.15, 0.2) is 48.5 Å². The van der Waals surface area contributed by atoms with Crippen LogP contribution < -0.4 is 10.1 Å². The van der Waals surface area contributed by atoms with Crippen LogP contribution in [0.5, 0.6) is 5.75 Å². The van der Waals surface area contributed by atoms with Crippen molar-refractivity contribution in [3.63, 3.8) is 0 Å². The first-order chi connectivity index (χ1) is 14.6. The van der Waals surface area contributed by atoms with Gasteiger partial charge in [0.2, 0.25) is 0 Å². The van der Waals surface area contributed by atoms with Crippen LogP contribution in [0.2, 0.25) is 0 Å². The van der Waals surface area contributed by atoms with E-state index >= 15 is 0 Å². The number of benzene rings is 2. The van der Waals surface area contributed by atoms with Crippen LogP contribution in [-0.2, 0) is 7.05 Å². The number of fused-ring (bicyclic) bond motifs is 3. The number of ether oxygens (including phenoxy) is 1. The lowest BCUT2D eigenvalue weighted by Gasteiger charge is -2.36. The number of rotatable bonds is 4. The number of carbonyl (C=O) groups excluding carboxylic acids is 1. The number of hydrogen-bond acceptors (Lipinski definition) is 3. The van der Waals surface area contributed by atoms with Gasteiger partial charge in [0.15, 0.2) is 0 Å². The molecular formula is C25H30ClN3O2.